The minimum atomic E-state index is -4.40. The lowest BCUT2D eigenvalue weighted by Crippen LogP contribution is -2.21. The van der Waals surface area contributed by atoms with Gasteiger partial charge in [-0.1, -0.05) is 24.3 Å². The van der Waals surface area contributed by atoms with Gasteiger partial charge in [0.1, 0.15) is 0 Å². The molecule has 0 unspecified atom stereocenters. The Hall–Kier alpha value is -2.63. The van der Waals surface area contributed by atoms with Crippen LogP contribution in [0.5, 0.6) is 0 Å². The van der Waals surface area contributed by atoms with Crippen LogP contribution in [0.4, 0.5) is 13.2 Å². The number of aromatic nitrogens is 2. The van der Waals surface area contributed by atoms with Crippen LogP contribution in [-0.2, 0) is 12.7 Å². The predicted molar refractivity (Wildman–Crippen MR) is 76.5 cm³/mol. The minimum Gasteiger partial charge on any atom is -0.294 e. The Balaban J connectivity index is 2.00. The quantitative estimate of drug-likeness (QED) is 0.726. The number of hydrogen-bond acceptors (Lipinski definition) is 2. The molecule has 3 aromatic rings. The summed E-state index contributed by atoms with van der Waals surface area (Å²) in [5.41, 5.74) is -0.0448. The van der Waals surface area contributed by atoms with E-state index in [1.807, 2.05) is 0 Å². The Kier molecular flexibility index (Phi) is 3.44. The van der Waals surface area contributed by atoms with Crippen LogP contribution >= 0.6 is 0 Å². The van der Waals surface area contributed by atoms with Crippen molar-refractivity contribution in [1.82, 2.24) is 9.55 Å². The fourth-order valence-corrected chi connectivity index (χ4v) is 2.26. The standard InChI is InChI=1S/C16H11F3N2O/c17-16(18,19)12-5-3-4-11(8-12)9-21-10-20-14-7-2-1-6-13(14)15(21)22/h1-8,10H,9H2. The van der Waals surface area contributed by atoms with Gasteiger partial charge in [0, 0.05) is 0 Å². The molecule has 0 saturated carbocycles. The molecule has 0 radical (unpaired) electrons. The van der Waals surface area contributed by atoms with E-state index in [4.69, 9.17) is 0 Å². The lowest BCUT2D eigenvalue weighted by Gasteiger charge is -2.10. The first-order valence-corrected chi connectivity index (χ1v) is 6.55. The Bertz CT molecular complexity index is 884. The van der Waals surface area contributed by atoms with E-state index in [9.17, 15) is 18.0 Å². The molecule has 0 N–H and O–H groups in total. The third-order valence-corrected chi connectivity index (χ3v) is 3.34. The number of halogens is 3. The van der Waals surface area contributed by atoms with Crippen LogP contribution in [0, 0.1) is 0 Å². The average molecular weight is 304 g/mol. The van der Waals surface area contributed by atoms with Gasteiger partial charge in [-0.3, -0.25) is 9.36 Å². The van der Waals surface area contributed by atoms with Crippen molar-refractivity contribution in [3.8, 4) is 0 Å². The minimum absolute atomic E-state index is 0.0422. The maximum Gasteiger partial charge on any atom is 0.416 e. The maximum atomic E-state index is 12.7. The van der Waals surface area contributed by atoms with Crippen molar-refractivity contribution in [2.24, 2.45) is 0 Å². The molecule has 0 amide bonds. The summed E-state index contributed by atoms with van der Waals surface area (Å²) < 4.78 is 39.4. The first kappa shape index (κ1) is 14.3. The summed E-state index contributed by atoms with van der Waals surface area (Å²) in [6.45, 7) is 0.0422. The summed E-state index contributed by atoms with van der Waals surface area (Å²) >= 11 is 0. The van der Waals surface area contributed by atoms with Crippen LogP contribution < -0.4 is 5.56 Å². The molecule has 6 heteroatoms. The molecule has 1 aromatic heterocycles. The summed E-state index contributed by atoms with van der Waals surface area (Å²) in [5, 5.41) is 0.442. The van der Waals surface area contributed by atoms with E-state index in [-0.39, 0.29) is 12.1 Å². The zero-order valence-corrected chi connectivity index (χ0v) is 11.3. The molecule has 3 nitrogen and oxygen atoms in total. The number of para-hydroxylation sites is 1. The van der Waals surface area contributed by atoms with Gasteiger partial charge in [0.2, 0.25) is 0 Å². The van der Waals surface area contributed by atoms with Gasteiger partial charge in [-0.15, -0.1) is 0 Å². The topological polar surface area (TPSA) is 34.9 Å². The van der Waals surface area contributed by atoms with Crippen molar-refractivity contribution in [2.75, 3.05) is 0 Å². The van der Waals surface area contributed by atoms with Crippen LogP contribution in [0.2, 0.25) is 0 Å². The highest BCUT2D eigenvalue weighted by atomic mass is 19.4. The first-order chi connectivity index (χ1) is 10.4. The van der Waals surface area contributed by atoms with Gasteiger partial charge in [-0.25, -0.2) is 4.98 Å². The Labute approximate surface area is 123 Å². The fraction of sp³-hybridized carbons (Fsp3) is 0.125. The van der Waals surface area contributed by atoms with E-state index in [0.29, 0.717) is 16.5 Å². The largest absolute Gasteiger partial charge is 0.416 e. The Morgan fingerprint density at radius 1 is 1.05 bits per heavy atom. The van der Waals surface area contributed by atoms with Gasteiger partial charge in [-0.05, 0) is 29.8 Å². The molecule has 0 aliphatic rings. The van der Waals surface area contributed by atoms with Crippen molar-refractivity contribution < 1.29 is 13.2 Å². The summed E-state index contributed by atoms with van der Waals surface area (Å²) in [6.07, 6.45) is -3.05. The van der Waals surface area contributed by atoms with Gasteiger partial charge in [0.25, 0.3) is 5.56 Å². The van der Waals surface area contributed by atoms with Crippen LogP contribution in [0.3, 0.4) is 0 Å². The molecule has 0 saturated heterocycles. The third-order valence-electron chi connectivity index (χ3n) is 3.34. The van der Waals surface area contributed by atoms with Gasteiger partial charge in [-0.2, -0.15) is 13.2 Å². The van der Waals surface area contributed by atoms with Crippen molar-refractivity contribution in [1.29, 1.82) is 0 Å². The number of rotatable bonds is 2. The van der Waals surface area contributed by atoms with Crippen LogP contribution in [0.1, 0.15) is 11.1 Å². The van der Waals surface area contributed by atoms with E-state index >= 15 is 0 Å². The zero-order chi connectivity index (χ0) is 15.7. The molecule has 112 valence electrons. The molecular weight excluding hydrogens is 293 g/mol. The van der Waals surface area contributed by atoms with Crippen molar-refractivity contribution in [2.45, 2.75) is 12.7 Å². The summed E-state index contributed by atoms with van der Waals surface area (Å²) in [5.74, 6) is 0. The van der Waals surface area contributed by atoms with Gasteiger partial charge in [0.15, 0.2) is 0 Å². The summed E-state index contributed by atoms with van der Waals surface area (Å²) in [4.78, 5) is 16.5. The highest BCUT2D eigenvalue weighted by Crippen LogP contribution is 2.29. The van der Waals surface area contributed by atoms with E-state index in [1.54, 1.807) is 30.3 Å². The third kappa shape index (κ3) is 2.72. The second kappa shape index (κ2) is 5.29. The number of benzene rings is 2. The number of fused-ring (bicyclic) bond motifs is 1. The molecule has 0 aliphatic carbocycles. The van der Waals surface area contributed by atoms with E-state index in [1.165, 1.54) is 17.0 Å². The normalized spacial score (nSPS) is 11.8. The molecule has 2 aromatic carbocycles. The second-order valence-corrected chi connectivity index (χ2v) is 4.89. The Morgan fingerprint density at radius 3 is 2.59 bits per heavy atom. The van der Waals surface area contributed by atoms with Crippen LogP contribution in [0.15, 0.2) is 59.7 Å². The molecule has 0 aliphatic heterocycles. The number of alkyl halides is 3. The molecule has 0 spiro atoms. The maximum absolute atomic E-state index is 12.7. The Morgan fingerprint density at radius 2 is 1.82 bits per heavy atom. The predicted octanol–water partition coefficient (Wildman–Crippen LogP) is 3.46. The number of nitrogens with zero attached hydrogens (tertiary/aromatic N) is 2. The molecule has 22 heavy (non-hydrogen) atoms. The van der Waals surface area contributed by atoms with Crippen LogP contribution in [-0.4, -0.2) is 9.55 Å². The smallest absolute Gasteiger partial charge is 0.294 e. The van der Waals surface area contributed by atoms with E-state index in [2.05, 4.69) is 4.98 Å². The molecule has 0 bridgehead atoms. The van der Waals surface area contributed by atoms with Crippen LogP contribution in [0.25, 0.3) is 10.9 Å². The highest BCUT2D eigenvalue weighted by Gasteiger charge is 2.30. The van der Waals surface area contributed by atoms with Gasteiger partial charge < -0.3 is 0 Å². The van der Waals surface area contributed by atoms with Crippen molar-refractivity contribution in [3.05, 3.63) is 76.3 Å². The molecule has 0 atom stereocenters. The summed E-state index contributed by atoms with van der Waals surface area (Å²) in [7, 11) is 0. The first-order valence-electron chi connectivity index (χ1n) is 6.55. The van der Waals surface area contributed by atoms with Gasteiger partial charge in [0.05, 0.1) is 29.3 Å². The fourth-order valence-electron chi connectivity index (χ4n) is 2.26. The molecule has 3 rings (SSSR count). The van der Waals surface area contributed by atoms with E-state index in [0.717, 1.165) is 12.1 Å². The zero-order valence-electron chi connectivity index (χ0n) is 11.3. The number of hydrogen-bond donors (Lipinski definition) is 0. The molecule has 1 heterocycles. The SMILES string of the molecule is O=c1c2ccccc2ncn1Cc1cccc(C(F)(F)F)c1. The monoisotopic (exact) mass is 304 g/mol. The van der Waals surface area contributed by atoms with E-state index < -0.39 is 11.7 Å². The van der Waals surface area contributed by atoms with Crippen molar-refractivity contribution in [3.63, 3.8) is 0 Å². The average Bonchev–Trinajstić information content (AvgIpc) is 2.50. The lowest BCUT2D eigenvalue weighted by atomic mass is 10.1. The second-order valence-electron chi connectivity index (χ2n) is 4.89. The molecular formula is C16H11F3N2O. The molecule has 0 fully saturated rings. The summed E-state index contributed by atoms with van der Waals surface area (Å²) in [6, 6.07) is 11.8. The highest BCUT2D eigenvalue weighted by molar-refractivity contribution is 5.76. The van der Waals surface area contributed by atoms with Crippen molar-refractivity contribution >= 4 is 10.9 Å². The lowest BCUT2D eigenvalue weighted by molar-refractivity contribution is -0.137. The van der Waals surface area contributed by atoms with Gasteiger partial charge >= 0.3 is 6.18 Å².